The van der Waals surface area contributed by atoms with Crippen molar-refractivity contribution in [1.29, 1.82) is 0 Å². The largest absolute Gasteiger partial charge is 0.307 e. The Hall–Kier alpha value is -0.940. The van der Waals surface area contributed by atoms with E-state index in [1.807, 2.05) is 22.7 Å². The molecule has 0 atom stereocenters. The lowest BCUT2D eigenvalue weighted by Gasteiger charge is -2.08. The third kappa shape index (κ3) is 2.35. The Balaban J connectivity index is 1.74. The number of hydrogen-bond donors (Lipinski definition) is 1. The van der Waals surface area contributed by atoms with E-state index in [2.05, 4.69) is 31.3 Å². The number of fused-ring (bicyclic) bond motifs is 1. The zero-order valence-electron chi connectivity index (χ0n) is 9.56. The van der Waals surface area contributed by atoms with Crippen molar-refractivity contribution in [2.24, 2.45) is 0 Å². The Morgan fingerprint density at radius 1 is 1.35 bits per heavy atom. The average Bonchev–Trinajstić information content (AvgIpc) is 2.95. The smallest absolute Gasteiger partial charge is 0.165 e. The maximum absolute atomic E-state index is 4.49. The maximum Gasteiger partial charge on any atom is 0.165 e. The van der Waals surface area contributed by atoms with Crippen LogP contribution in [-0.4, -0.2) is 20.6 Å². The van der Waals surface area contributed by atoms with Gasteiger partial charge in [-0.15, -0.1) is 5.10 Å². The summed E-state index contributed by atoms with van der Waals surface area (Å²) in [5.74, 6) is 0.865. The first kappa shape index (κ1) is 11.2. The van der Waals surface area contributed by atoms with Crippen molar-refractivity contribution in [3.63, 3.8) is 0 Å². The van der Waals surface area contributed by atoms with Crippen LogP contribution in [0.4, 0.5) is 0 Å². The van der Waals surface area contributed by atoms with Crippen molar-refractivity contribution in [3.05, 3.63) is 28.6 Å². The maximum atomic E-state index is 4.49. The molecule has 1 aliphatic carbocycles. The number of aromatic nitrogens is 3. The molecule has 2 aromatic heterocycles. The van der Waals surface area contributed by atoms with Crippen LogP contribution in [0, 0.1) is 0 Å². The topological polar surface area (TPSA) is 42.2 Å². The summed E-state index contributed by atoms with van der Waals surface area (Å²) in [6.45, 7) is 0.763. The molecule has 0 unspecified atom stereocenters. The molecule has 1 aliphatic rings. The summed E-state index contributed by atoms with van der Waals surface area (Å²) in [6, 6.07) is 6.57. The Labute approximate surface area is 109 Å². The Kier molecular flexibility index (Phi) is 3.11. The lowest BCUT2D eigenvalue weighted by molar-refractivity contribution is 0.513. The normalized spacial score (nSPS) is 17.0. The molecule has 0 spiro atoms. The van der Waals surface area contributed by atoms with Crippen LogP contribution in [0.25, 0.3) is 5.65 Å². The molecule has 4 nitrogen and oxygen atoms in total. The molecule has 17 heavy (non-hydrogen) atoms. The second-order valence-corrected chi connectivity index (χ2v) is 5.32. The zero-order chi connectivity index (χ0) is 11.7. The summed E-state index contributed by atoms with van der Waals surface area (Å²) in [6.07, 6.45) is 5.28. The fourth-order valence-corrected chi connectivity index (χ4v) is 2.77. The first-order chi connectivity index (χ1) is 8.33. The van der Waals surface area contributed by atoms with E-state index in [0.717, 1.165) is 22.6 Å². The third-order valence-electron chi connectivity index (χ3n) is 3.26. The van der Waals surface area contributed by atoms with Gasteiger partial charge in [0.25, 0.3) is 0 Å². The van der Waals surface area contributed by atoms with Crippen LogP contribution in [0.2, 0.25) is 0 Å². The van der Waals surface area contributed by atoms with Gasteiger partial charge >= 0.3 is 0 Å². The fraction of sp³-hybridized carbons (Fsp3) is 0.500. The molecule has 1 N–H and O–H groups in total. The summed E-state index contributed by atoms with van der Waals surface area (Å²) in [5.41, 5.74) is 0.891. The summed E-state index contributed by atoms with van der Waals surface area (Å²) < 4.78 is 2.76. The van der Waals surface area contributed by atoms with Crippen LogP contribution in [0.15, 0.2) is 22.8 Å². The predicted molar refractivity (Wildman–Crippen MR) is 69.8 cm³/mol. The van der Waals surface area contributed by atoms with Crippen LogP contribution >= 0.6 is 15.9 Å². The van der Waals surface area contributed by atoms with Crippen LogP contribution in [-0.2, 0) is 6.54 Å². The van der Waals surface area contributed by atoms with Crippen molar-refractivity contribution >= 4 is 21.6 Å². The highest BCUT2D eigenvalue weighted by Crippen LogP contribution is 2.18. The van der Waals surface area contributed by atoms with Crippen LogP contribution in [0.3, 0.4) is 0 Å². The monoisotopic (exact) mass is 294 g/mol. The van der Waals surface area contributed by atoms with Gasteiger partial charge < -0.3 is 5.32 Å². The molecule has 2 heterocycles. The van der Waals surface area contributed by atoms with E-state index in [0.29, 0.717) is 6.04 Å². The molecule has 0 aliphatic heterocycles. The van der Waals surface area contributed by atoms with E-state index in [1.54, 1.807) is 0 Å². The van der Waals surface area contributed by atoms with Gasteiger partial charge in [-0.05, 0) is 40.9 Å². The Bertz CT molecular complexity index is 516. The molecule has 3 rings (SSSR count). The highest BCUT2D eigenvalue weighted by Gasteiger charge is 2.15. The molecular formula is C12H15BrN4. The van der Waals surface area contributed by atoms with Gasteiger partial charge in [0.2, 0.25) is 0 Å². The highest BCUT2D eigenvalue weighted by atomic mass is 79.9. The summed E-state index contributed by atoms with van der Waals surface area (Å²) >= 11 is 3.47. The van der Waals surface area contributed by atoms with E-state index in [1.165, 1.54) is 25.7 Å². The number of nitrogens with one attached hydrogen (secondary N) is 1. The lowest BCUT2D eigenvalue weighted by atomic mass is 10.2. The predicted octanol–water partition coefficient (Wildman–Crippen LogP) is 2.52. The summed E-state index contributed by atoms with van der Waals surface area (Å²) in [5, 5.41) is 7.99. The molecule has 2 aromatic rings. The number of rotatable bonds is 3. The molecule has 0 aromatic carbocycles. The molecule has 90 valence electrons. The zero-order valence-corrected chi connectivity index (χ0v) is 11.2. The quantitative estimate of drug-likeness (QED) is 0.885. The average molecular weight is 295 g/mol. The first-order valence-electron chi connectivity index (χ1n) is 6.06. The SMILES string of the molecule is Brc1cccc2nc(CNC3CCCC3)nn12. The van der Waals surface area contributed by atoms with E-state index in [4.69, 9.17) is 0 Å². The van der Waals surface area contributed by atoms with Crippen molar-refractivity contribution in [2.75, 3.05) is 0 Å². The minimum absolute atomic E-state index is 0.657. The minimum Gasteiger partial charge on any atom is -0.307 e. The van der Waals surface area contributed by atoms with Gasteiger partial charge in [0.15, 0.2) is 11.5 Å². The number of nitrogens with zero attached hydrogens (tertiary/aromatic N) is 3. The van der Waals surface area contributed by atoms with Gasteiger partial charge in [-0.1, -0.05) is 18.9 Å². The van der Waals surface area contributed by atoms with Gasteiger partial charge in [-0.3, -0.25) is 0 Å². The second kappa shape index (κ2) is 4.74. The fourth-order valence-electron chi connectivity index (χ4n) is 2.36. The molecule has 0 saturated heterocycles. The third-order valence-corrected chi connectivity index (χ3v) is 3.86. The van der Waals surface area contributed by atoms with Gasteiger partial charge in [-0.2, -0.15) is 0 Å². The highest BCUT2D eigenvalue weighted by molar-refractivity contribution is 9.10. The van der Waals surface area contributed by atoms with E-state index < -0.39 is 0 Å². The van der Waals surface area contributed by atoms with Crippen molar-refractivity contribution in [3.8, 4) is 0 Å². The Morgan fingerprint density at radius 3 is 2.94 bits per heavy atom. The summed E-state index contributed by atoms with van der Waals surface area (Å²) in [7, 11) is 0. The summed E-state index contributed by atoms with van der Waals surface area (Å²) in [4.78, 5) is 4.49. The van der Waals surface area contributed by atoms with E-state index in [9.17, 15) is 0 Å². The molecule has 0 bridgehead atoms. The van der Waals surface area contributed by atoms with Crippen LogP contribution in [0.1, 0.15) is 31.5 Å². The first-order valence-corrected chi connectivity index (χ1v) is 6.86. The number of halogens is 1. The van der Waals surface area contributed by atoms with E-state index >= 15 is 0 Å². The molecule has 1 fully saturated rings. The molecule has 1 saturated carbocycles. The number of hydrogen-bond acceptors (Lipinski definition) is 3. The molecular weight excluding hydrogens is 280 g/mol. The van der Waals surface area contributed by atoms with Gasteiger partial charge in [0.1, 0.15) is 4.60 Å². The van der Waals surface area contributed by atoms with E-state index in [-0.39, 0.29) is 0 Å². The number of pyridine rings is 1. The van der Waals surface area contributed by atoms with Gasteiger partial charge in [-0.25, -0.2) is 9.50 Å². The molecule has 0 amide bonds. The lowest BCUT2D eigenvalue weighted by Crippen LogP contribution is -2.25. The van der Waals surface area contributed by atoms with Crippen molar-refractivity contribution < 1.29 is 0 Å². The standard InChI is InChI=1S/C12H15BrN4/c13-10-6-3-7-12-15-11(16-17(10)12)8-14-9-4-1-2-5-9/h3,6-7,9,14H,1-2,4-5,8H2. The van der Waals surface area contributed by atoms with Gasteiger partial charge in [0.05, 0.1) is 6.54 Å². The minimum atomic E-state index is 0.657. The van der Waals surface area contributed by atoms with Crippen molar-refractivity contribution in [2.45, 2.75) is 38.3 Å². The molecule has 0 radical (unpaired) electrons. The van der Waals surface area contributed by atoms with Gasteiger partial charge in [0, 0.05) is 6.04 Å². The molecule has 5 heteroatoms. The van der Waals surface area contributed by atoms with Crippen molar-refractivity contribution in [1.82, 2.24) is 19.9 Å². The van der Waals surface area contributed by atoms with Crippen LogP contribution in [0.5, 0.6) is 0 Å². The second-order valence-electron chi connectivity index (χ2n) is 4.51. The Morgan fingerprint density at radius 2 is 2.18 bits per heavy atom. The van der Waals surface area contributed by atoms with Crippen LogP contribution < -0.4 is 5.32 Å².